The third-order valence-corrected chi connectivity index (χ3v) is 1.64. The van der Waals surface area contributed by atoms with E-state index in [-0.39, 0.29) is 12.4 Å². The van der Waals surface area contributed by atoms with Crippen LogP contribution in [0.25, 0.3) is 0 Å². The number of rotatable bonds is 3. The fraction of sp³-hybridized carbons (Fsp3) is 0.111. The number of nitrogen functional groups attached to an aromatic ring is 1. The highest BCUT2D eigenvalue weighted by Crippen LogP contribution is 2.10. The number of benzene rings is 1. The van der Waals surface area contributed by atoms with Crippen LogP contribution in [0.1, 0.15) is 6.42 Å². The van der Waals surface area contributed by atoms with Gasteiger partial charge in [-0.2, -0.15) is 0 Å². The van der Waals surface area contributed by atoms with Crippen molar-refractivity contribution >= 4 is 35.6 Å². The largest absolute Gasteiger partial charge is 0.399 e. The van der Waals surface area contributed by atoms with E-state index in [0.29, 0.717) is 11.4 Å². The van der Waals surface area contributed by atoms with Crippen molar-refractivity contribution in [2.75, 3.05) is 11.1 Å². The highest BCUT2D eigenvalue weighted by atomic mass is 35.5. The zero-order valence-electron chi connectivity index (χ0n) is 8.27. The van der Waals surface area contributed by atoms with Crippen molar-refractivity contribution in [1.82, 2.24) is 5.48 Å². The fourth-order valence-electron chi connectivity index (χ4n) is 0.957. The lowest BCUT2D eigenvalue weighted by atomic mass is 10.3. The maximum atomic E-state index is 11.2. The Hall–Kier alpha value is -1.79. The molecule has 16 heavy (non-hydrogen) atoms. The highest BCUT2D eigenvalue weighted by molar-refractivity contribution is 6.03. The average Bonchev–Trinajstić information content (AvgIpc) is 2.21. The maximum Gasteiger partial charge on any atom is 0.252 e. The van der Waals surface area contributed by atoms with Crippen LogP contribution in [0.15, 0.2) is 24.3 Å². The summed E-state index contributed by atoms with van der Waals surface area (Å²) in [4.78, 5) is 21.8. The highest BCUT2D eigenvalue weighted by Gasteiger charge is 2.07. The van der Waals surface area contributed by atoms with Gasteiger partial charge in [0.05, 0.1) is 0 Å². The molecule has 0 aliphatic heterocycles. The van der Waals surface area contributed by atoms with Gasteiger partial charge >= 0.3 is 0 Å². The molecule has 1 aromatic carbocycles. The second-order valence-corrected chi connectivity index (χ2v) is 2.88. The Morgan fingerprint density at radius 2 is 1.75 bits per heavy atom. The second-order valence-electron chi connectivity index (χ2n) is 2.88. The number of hydroxylamine groups is 1. The minimum atomic E-state index is -0.761. The Morgan fingerprint density at radius 1 is 1.19 bits per heavy atom. The molecule has 88 valence electrons. The monoisotopic (exact) mass is 245 g/mol. The molecule has 0 saturated heterocycles. The zero-order valence-corrected chi connectivity index (χ0v) is 9.08. The van der Waals surface area contributed by atoms with Crippen molar-refractivity contribution in [3.63, 3.8) is 0 Å². The first kappa shape index (κ1) is 14.2. The third-order valence-electron chi connectivity index (χ3n) is 1.64. The van der Waals surface area contributed by atoms with Crippen LogP contribution in [0.2, 0.25) is 0 Å². The first-order chi connectivity index (χ1) is 7.11. The summed E-state index contributed by atoms with van der Waals surface area (Å²) in [5, 5.41) is 10.7. The van der Waals surface area contributed by atoms with Crippen LogP contribution in [0.5, 0.6) is 0 Å². The van der Waals surface area contributed by atoms with Gasteiger partial charge in [0.25, 0.3) is 5.91 Å². The van der Waals surface area contributed by atoms with Gasteiger partial charge in [-0.15, -0.1) is 12.4 Å². The fourth-order valence-corrected chi connectivity index (χ4v) is 0.957. The first-order valence-electron chi connectivity index (χ1n) is 4.20. The Bertz CT molecular complexity index is 367. The molecular weight excluding hydrogens is 234 g/mol. The lowest BCUT2D eigenvalue weighted by Crippen LogP contribution is -2.25. The third kappa shape index (κ3) is 4.63. The number of hydrogen-bond donors (Lipinski definition) is 4. The van der Waals surface area contributed by atoms with E-state index in [2.05, 4.69) is 5.32 Å². The van der Waals surface area contributed by atoms with Crippen LogP contribution in [0.4, 0.5) is 11.4 Å². The van der Waals surface area contributed by atoms with Crippen molar-refractivity contribution in [2.45, 2.75) is 6.42 Å². The topological polar surface area (TPSA) is 104 Å². The van der Waals surface area contributed by atoms with Crippen molar-refractivity contribution in [2.24, 2.45) is 0 Å². The number of carbonyl (C=O) groups is 2. The van der Waals surface area contributed by atoms with Gasteiger partial charge in [-0.3, -0.25) is 14.8 Å². The SMILES string of the molecule is Cl.Nc1ccc(NC(=O)CC(=O)NO)cc1. The quantitative estimate of drug-likeness (QED) is 0.270. The summed E-state index contributed by atoms with van der Waals surface area (Å²) in [6.07, 6.45) is -0.430. The van der Waals surface area contributed by atoms with Gasteiger partial charge in [0.1, 0.15) is 6.42 Å². The minimum absolute atomic E-state index is 0. The van der Waals surface area contributed by atoms with Gasteiger partial charge in [-0.25, -0.2) is 5.48 Å². The van der Waals surface area contributed by atoms with Gasteiger partial charge in [-0.1, -0.05) is 0 Å². The van der Waals surface area contributed by atoms with E-state index >= 15 is 0 Å². The van der Waals surface area contributed by atoms with Gasteiger partial charge < -0.3 is 11.1 Å². The molecule has 7 heteroatoms. The normalized spacial score (nSPS) is 8.81. The van der Waals surface area contributed by atoms with Crippen LogP contribution in [-0.2, 0) is 9.59 Å². The Balaban J connectivity index is 0.00000225. The molecule has 1 rings (SSSR count). The maximum absolute atomic E-state index is 11.2. The van der Waals surface area contributed by atoms with E-state index in [1.807, 2.05) is 0 Å². The van der Waals surface area contributed by atoms with Crippen molar-refractivity contribution in [3.05, 3.63) is 24.3 Å². The second kappa shape index (κ2) is 6.65. The summed E-state index contributed by atoms with van der Waals surface area (Å²) in [5.74, 6) is -1.27. The molecule has 0 radical (unpaired) electrons. The minimum Gasteiger partial charge on any atom is -0.399 e. The van der Waals surface area contributed by atoms with Crippen molar-refractivity contribution in [3.8, 4) is 0 Å². The van der Waals surface area contributed by atoms with E-state index in [4.69, 9.17) is 10.9 Å². The van der Waals surface area contributed by atoms with Crippen molar-refractivity contribution in [1.29, 1.82) is 0 Å². The molecule has 1 aromatic rings. The van der Waals surface area contributed by atoms with Crippen LogP contribution >= 0.6 is 12.4 Å². The van der Waals surface area contributed by atoms with Crippen LogP contribution in [-0.4, -0.2) is 17.0 Å². The van der Waals surface area contributed by atoms with Gasteiger partial charge in [-0.05, 0) is 24.3 Å². The molecule has 5 N–H and O–H groups in total. The smallest absolute Gasteiger partial charge is 0.252 e. The lowest BCUT2D eigenvalue weighted by molar-refractivity contribution is -0.132. The molecule has 0 aliphatic rings. The molecule has 0 aromatic heterocycles. The molecule has 0 saturated carbocycles. The summed E-state index contributed by atoms with van der Waals surface area (Å²) >= 11 is 0. The summed E-state index contributed by atoms with van der Waals surface area (Å²) < 4.78 is 0. The number of halogens is 1. The molecule has 2 amide bonds. The van der Waals surface area contributed by atoms with Gasteiger partial charge in [0, 0.05) is 11.4 Å². The molecule has 0 heterocycles. The van der Waals surface area contributed by atoms with Crippen LogP contribution in [0.3, 0.4) is 0 Å². The van der Waals surface area contributed by atoms with Gasteiger partial charge in [0.2, 0.25) is 5.91 Å². The summed E-state index contributed by atoms with van der Waals surface area (Å²) in [5.41, 5.74) is 7.95. The number of hydrogen-bond acceptors (Lipinski definition) is 4. The van der Waals surface area contributed by atoms with Crippen molar-refractivity contribution < 1.29 is 14.8 Å². The summed E-state index contributed by atoms with van der Waals surface area (Å²) in [7, 11) is 0. The van der Waals surface area contributed by atoms with E-state index in [0.717, 1.165) is 0 Å². The zero-order chi connectivity index (χ0) is 11.3. The molecule has 0 unspecified atom stereocenters. The van der Waals surface area contributed by atoms with E-state index in [9.17, 15) is 9.59 Å². The molecule has 0 bridgehead atoms. The number of amides is 2. The standard InChI is InChI=1S/C9H11N3O3.ClH/c10-6-1-3-7(4-2-6)11-8(13)5-9(14)12-15;/h1-4,15H,5,10H2,(H,11,13)(H,12,14);1H. The van der Waals surface area contributed by atoms with Crippen LogP contribution < -0.4 is 16.5 Å². The summed E-state index contributed by atoms with van der Waals surface area (Å²) in [6, 6.07) is 6.48. The lowest BCUT2D eigenvalue weighted by Gasteiger charge is -2.04. The molecule has 6 nitrogen and oxygen atoms in total. The average molecular weight is 246 g/mol. The predicted molar refractivity (Wildman–Crippen MR) is 61.3 cm³/mol. The first-order valence-corrected chi connectivity index (χ1v) is 4.20. The molecular formula is C9H12ClN3O3. The van der Waals surface area contributed by atoms with E-state index in [1.54, 1.807) is 24.3 Å². The number of nitrogens with one attached hydrogen (secondary N) is 2. The van der Waals surface area contributed by atoms with Crippen LogP contribution in [0, 0.1) is 0 Å². The molecule has 0 spiro atoms. The number of anilines is 2. The predicted octanol–water partition coefficient (Wildman–Crippen LogP) is 0.525. The Labute approximate surface area is 98.2 Å². The molecule has 0 fully saturated rings. The molecule has 0 aliphatic carbocycles. The summed E-state index contributed by atoms with van der Waals surface area (Å²) in [6.45, 7) is 0. The number of carbonyl (C=O) groups excluding carboxylic acids is 2. The molecule has 0 atom stereocenters. The van der Waals surface area contributed by atoms with E-state index in [1.165, 1.54) is 5.48 Å². The van der Waals surface area contributed by atoms with Gasteiger partial charge in [0.15, 0.2) is 0 Å². The Morgan fingerprint density at radius 3 is 2.25 bits per heavy atom. The number of nitrogens with two attached hydrogens (primary N) is 1. The van der Waals surface area contributed by atoms with E-state index < -0.39 is 18.2 Å². The Kier molecular flexibility index (Phi) is 5.91.